The maximum Gasteiger partial charge on any atom is 0.326 e. The van der Waals surface area contributed by atoms with Gasteiger partial charge in [0, 0.05) is 6.54 Å². The molecule has 28 nitrogen and oxygen atoms in total. The van der Waals surface area contributed by atoms with Gasteiger partial charge < -0.3 is 87.1 Å². The van der Waals surface area contributed by atoms with Gasteiger partial charge in [0.25, 0.3) is 0 Å². The Balaban J connectivity index is 6.39. The molecule has 0 saturated heterocycles. The Bertz CT molecular complexity index is 1900. The lowest BCUT2D eigenvalue weighted by atomic mass is 9.96. The third kappa shape index (κ3) is 24.9. The third-order valence-corrected chi connectivity index (χ3v) is 11.1. The molecule has 0 unspecified atom stereocenters. The van der Waals surface area contributed by atoms with Crippen LogP contribution < -0.4 is 76.9 Å². The Morgan fingerprint density at radius 3 is 1.46 bits per heavy atom. The molecule has 72 heavy (non-hydrogen) atoms. The molecule has 10 amide bonds. The summed E-state index contributed by atoms with van der Waals surface area (Å²) in [6, 6.07) is -13.2. The molecule has 0 aliphatic rings. The zero-order chi connectivity index (χ0) is 55.6. The molecule has 28 heteroatoms. The number of aliphatic carboxylic acids is 1. The summed E-state index contributed by atoms with van der Waals surface area (Å²) in [5.41, 5.74) is 33.1. The van der Waals surface area contributed by atoms with Crippen molar-refractivity contribution in [1.82, 2.24) is 42.5 Å². The van der Waals surface area contributed by atoms with E-state index in [4.69, 9.17) is 34.4 Å². The minimum atomic E-state index is -1.93. The number of hydrogen-bond donors (Lipinski definition) is 16. The average molecular weight is 1030 g/mol. The summed E-state index contributed by atoms with van der Waals surface area (Å²) >= 11 is 0. The van der Waals surface area contributed by atoms with Gasteiger partial charge in [-0.2, -0.15) is 0 Å². The summed E-state index contributed by atoms with van der Waals surface area (Å²) in [6.45, 7) is 12.9. The maximum atomic E-state index is 13.7. The smallest absolute Gasteiger partial charge is 0.326 e. The standard InChI is InChI=1S/C44H81N15O13/c1-9-22(6)33(58-39(67)27(17-20(2)3)55-36(64)25(46)13-10-11-15-45)41(69)52-23(7)35(63)54-28(18-30(47)61)38(66)56-29(19-31(48)62)40(68)59-34(24(8)60)42(70)53-26(14-12-16-51-44(49)50)37(65)57-32(21(4)5)43(71)72/h20-29,32-34,60H,9-19,45-46H2,1-8H3,(H2,47,61)(H2,48,62)(H,52,69)(H,53,70)(H,54,63)(H,55,64)(H,56,66)(H,57,65)(H,58,67)(H,59,68)(H,71,72)(H4,49,50,51)/t22-,23-,24+,25-,26-,27-,28-,29-,32-,33-,34-/m0/s1. The molecule has 0 aliphatic heterocycles. The lowest BCUT2D eigenvalue weighted by Crippen LogP contribution is -2.62. The number of rotatable bonds is 35. The van der Waals surface area contributed by atoms with Crippen molar-refractivity contribution < 1.29 is 63.0 Å². The van der Waals surface area contributed by atoms with Crippen molar-refractivity contribution in [1.29, 1.82) is 0 Å². The minimum absolute atomic E-state index is 0.00161. The molecule has 0 radical (unpaired) electrons. The predicted molar refractivity (Wildman–Crippen MR) is 263 cm³/mol. The molecule has 0 aromatic rings. The summed E-state index contributed by atoms with van der Waals surface area (Å²) < 4.78 is 0. The number of carboxylic acid groups (broad SMARTS) is 1. The summed E-state index contributed by atoms with van der Waals surface area (Å²) in [5.74, 6) is -12.8. The van der Waals surface area contributed by atoms with Crippen LogP contribution in [-0.4, -0.2) is 155 Å². The summed E-state index contributed by atoms with van der Waals surface area (Å²) in [5, 5.41) is 39.3. The van der Waals surface area contributed by atoms with Gasteiger partial charge in [0.15, 0.2) is 5.96 Å². The van der Waals surface area contributed by atoms with E-state index in [1.165, 1.54) is 20.8 Å². The van der Waals surface area contributed by atoms with Crippen LogP contribution in [0.2, 0.25) is 0 Å². The fourth-order valence-corrected chi connectivity index (χ4v) is 6.80. The van der Waals surface area contributed by atoms with Crippen molar-refractivity contribution in [2.45, 2.75) is 174 Å². The van der Waals surface area contributed by atoms with Gasteiger partial charge in [0.1, 0.15) is 48.3 Å². The number of aliphatic hydroxyl groups is 1. The normalized spacial score (nSPS) is 15.7. The zero-order valence-corrected chi connectivity index (χ0v) is 42.6. The lowest BCUT2D eigenvalue weighted by molar-refractivity contribution is -0.143. The highest BCUT2D eigenvalue weighted by atomic mass is 16.4. The number of aliphatic imine (C=N–C) groups is 1. The largest absolute Gasteiger partial charge is 0.480 e. The van der Waals surface area contributed by atoms with Crippen molar-refractivity contribution >= 4 is 71.0 Å². The van der Waals surface area contributed by atoms with Crippen molar-refractivity contribution in [2.75, 3.05) is 13.1 Å². The van der Waals surface area contributed by atoms with Crippen LogP contribution in [0.3, 0.4) is 0 Å². The first-order chi connectivity index (χ1) is 33.5. The van der Waals surface area contributed by atoms with Crippen LogP contribution >= 0.6 is 0 Å². The fourth-order valence-electron chi connectivity index (χ4n) is 6.80. The lowest BCUT2D eigenvalue weighted by Gasteiger charge is -2.29. The van der Waals surface area contributed by atoms with Crippen molar-refractivity contribution in [2.24, 2.45) is 57.1 Å². The van der Waals surface area contributed by atoms with Crippen LogP contribution in [0.15, 0.2) is 4.99 Å². The molecule has 0 heterocycles. The van der Waals surface area contributed by atoms with E-state index in [0.717, 1.165) is 6.92 Å². The summed E-state index contributed by atoms with van der Waals surface area (Å²) in [4.78, 5) is 148. The molecular formula is C44H81N15O13. The Labute approximate surface area is 419 Å². The number of carbonyl (C=O) groups is 11. The number of hydrogen-bond acceptors (Lipinski definition) is 15. The van der Waals surface area contributed by atoms with E-state index in [1.54, 1.807) is 13.8 Å². The molecule has 0 aromatic heterocycles. The monoisotopic (exact) mass is 1030 g/mol. The van der Waals surface area contributed by atoms with Crippen LogP contribution in [-0.2, 0) is 52.7 Å². The highest BCUT2D eigenvalue weighted by Crippen LogP contribution is 2.13. The summed E-state index contributed by atoms with van der Waals surface area (Å²) in [7, 11) is 0. The van der Waals surface area contributed by atoms with Gasteiger partial charge in [-0.05, 0) is 70.3 Å². The van der Waals surface area contributed by atoms with E-state index in [-0.39, 0.29) is 37.7 Å². The van der Waals surface area contributed by atoms with Crippen LogP contribution in [0, 0.1) is 17.8 Å². The number of carboxylic acids is 1. The van der Waals surface area contributed by atoms with E-state index in [1.807, 2.05) is 13.8 Å². The molecule has 0 fully saturated rings. The highest BCUT2D eigenvalue weighted by molar-refractivity contribution is 6.00. The Kier molecular flexibility index (Phi) is 30.0. The number of nitrogens with one attached hydrogen (secondary N) is 8. The van der Waals surface area contributed by atoms with Gasteiger partial charge in [-0.15, -0.1) is 0 Å². The van der Waals surface area contributed by atoms with E-state index in [9.17, 15) is 63.0 Å². The molecule has 0 aliphatic carbocycles. The van der Waals surface area contributed by atoms with Crippen LogP contribution in [0.4, 0.5) is 0 Å². The number of carbonyl (C=O) groups excluding carboxylic acids is 10. The Hall–Kier alpha value is -6.68. The zero-order valence-electron chi connectivity index (χ0n) is 42.6. The Morgan fingerprint density at radius 1 is 0.528 bits per heavy atom. The maximum absolute atomic E-state index is 13.7. The SMILES string of the molecule is CC[C@H](C)[C@H](NC(=O)[C@H](CC(C)C)NC(=O)[C@@H](N)CCCCN)C(=O)N[C@@H](C)C(=O)N[C@@H](CC(N)=O)C(=O)N[C@@H](CC(N)=O)C(=O)N[C@H](C(=O)N[C@@H](CCCN=C(N)N)C(=O)N[C@H](C(=O)O)C(C)C)[C@@H](C)O. The first kappa shape index (κ1) is 65.3. The number of guanidine groups is 1. The molecule has 0 bridgehead atoms. The van der Waals surface area contributed by atoms with Crippen molar-refractivity contribution in [3.8, 4) is 0 Å². The predicted octanol–water partition coefficient (Wildman–Crippen LogP) is -5.64. The number of primary amides is 2. The molecule has 11 atom stereocenters. The van der Waals surface area contributed by atoms with Gasteiger partial charge in [-0.25, -0.2) is 4.79 Å². The molecule has 0 rings (SSSR count). The number of nitrogens with zero attached hydrogens (tertiary/aromatic N) is 1. The minimum Gasteiger partial charge on any atom is -0.480 e. The molecule has 0 saturated carbocycles. The number of nitrogens with two attached hydrogens (primary N) is 6. The fraction of sp³-hybridized carbons (Fsp3) is 0.727. The van der Waals surface area contributed by atoms with Crippen molar-refractivity contribution in [3.05, 3.63) is 0 Å². The molecular weight excluding hydrogens is 947 g/mol. The second kappa shape index (κ2) is 33.1. The van der Waals surface area contributed by atoms with E-state index < -0.39 is 150 Å². The Morgan fingerprint density at radius 2 is 0.986 bits per heavy atom. The topological polar surface area (TPSA) is 493 Å². The first-order valence-corrected chi connectivity index (χ1v) is 23.9. The van der Waals surface area contributed by atoms with Gasteiger partial charge in [0.05, 0.1) is 25.0 Å². The number of amides is 10. The van der Waals surface area contributed by atoms with Crippen molar-refractivity contribution in [3.63, 3.8) is 0 Å². The van der Waals surface area contributed by atoms with Gasteiger partial charge in [-0.1, -0.05) is 54.4 Å². The molecule has 0 aromatic carbocycles. The van der Waals surface area contributed by atoms with Gasteiger partial charge >= 0.3 is 5.97 Å². The van der Waals surface area contributed by atoms with E-state index in [0.29, 0.717) is 32.2 Å². The second-order valence-corrected chi connectivity index (χ2v) is 18.5. The van der Waals surface area contributed by atoms with E-state index >= 15 is 0 Å². The molecule has 410 valence electrons. The van der Waals surface area contributed by atoms with Crippen LogP contribution in [0.1, 0.15) is 113 Å². The van der Waals surface area contributed by atoms with Gasteiger partial charge in [-0.3, -0.25) is 52.9 Å². The van der Waals surface area contributed by atoms with E-state index in [2.05, 4.69) is 47.5 Å². The molecule has 0 spiro atoms. The van der Waals surface area contributed by atoms with Crippen LogP contribution in [0.25, 0.3) is 0 Å². The summed E-state index contributed by atoms with van der Waals surface area (Å²) in [6.07, 6.45) is -1.41. The number of aliphatic hydroxyl groups excluding tert-OH is 1. The number of unbranched alkanes of at least 4 members (excludes halogenated alkanes) is 1. The van der Waals surface area contributed by atoms with Gasteiger partial charge in [0.2, 0.25) is 59.1 Å². The quantitative estimate of drug-likeness (QED) is 0.0160. The van der Waals surface area contributed by atoms with Crippen LogP contribution in [0.5, 0.6) is 0 Å². The first-order valence-electron chi connectivity index (χ1n) is 23.9. The highest BCUT2D eigenvalue weighted by Gasteiger charge is 2.37. The average Bonchev–Trinajstić information content (AvgIpc) is 3.27. The second-order valence-electron chi connectivity index (χ2n) is 18.5. The molecule has 22 N–H and O–H groups in total. The third-order valence-electron chi connectivity index (χ3n) is 11.1.